The summed E-state index contributed by atoms with van der Waals surface area (Å²) in [5, 5.41) is 0.464. The molecular weight excluding hydrogens is 416 g/mol. The third-order valence-electron chi connectivity index (χ3n) is 5.70. The van der Waals surface area contributed by atoms with Gasteiger partial charge in [0, 0.05) is 32.6 Å². The Balaban J connectivity index is 1.23. The molecule has 0 aliphatic carbocycles. The van der Waals surface area contributed by atoms with Gasteiger partial charge in [0.1, 0.15) is 13.2 Å². The number of hydrogen-bond acceptors (Lipinski definition) is 4. The first kappa shape index (κ1) is 21.5. The van der Waals surface area contributed by atoms with E-state index >= 15 is 0 Å². The Bertz CT molecular complexity index is 927. The van der Waals surface area contributed by atoms with Gasteiger partial charge in [-0.1, -0.05) is 41.9 Å². The van der Waals surface area contributed by atoms with Crippen LogP contribution in [-0.2, 0) is 22.4 Å². The third kappa shape index (κ3) is 5.50. The van der Waals surface area contributed by atoms with Crippen molar-refractivity contribution in [1.82, 2.24) is 9.80 Å². The summed E-state index contributed by atoms with van der Waals surface area (Å²) in [5.74, 6) is 1.33. The average molecular weight is 443 g/mol. The SMILES string of the molecule is O=C(CCCc1ccccc1)N1CCN(C(=O)Cc2cc(Cl)c3c(c2)OCCO3)CC1. The van der Waals surface area contributed by atoms with E-state index in [9.17, 15) is 9.59 Å². The van der Waals surface area contributed by atoms with Crippen LogP contribution >= 0.6 is 11.6 Å². The smallest absolute Gasteiger partial charge is 0.227 e. The van der Waals surface area contributed by atoms with Crippen LogP contribution in [0.25, 0.3) is 0 Å². The molecule has 1 fully saturated rings. The lowest BCUT2D eigenvalue weighted by molar-refractivity contribution is -0.139. The van der Waals surface area contributed by atoms with Crippen LogP contribution in [0.5, 0.6) is 11.5 Å². The number of carbonyl (C=O) groups is 2. The average Bonchev–Trinajstić information content (AvgIpc) is 2.80. The maximum atomic E-state index is 12.8. The number of piperazine rings is 1. The molecule has 2 amide bonds. The second kappa shape index (κ2) is 10.1. The zero-order chi connectivity index (χ0) is 21.6. The molecule has 0 saturated carbocycles. The molecule has 2 aromatic rings. The predicted octanol–water partition coefficient (Wildman–Crippen LogP) is 3.35. The monoisotopic (exact) mass is 442 g/mol. The highest BCUT2D eigenvalue weighted by Crippen LogP contribution is 2.38. The molecule has 0 N–H and O–H groups in total. The lowest BCUT2D eigenvalue weighted by Gasteiger charge is -2.35. The second-order valence-electron chi connectivity index (χ2n) is 7.88. The molecule has 2 aliphatic rings. The molecule has 2 aromatic carbocycles. The van der Waals surface area contributed by atoms with Crippen molar-refractivity contribution in [2.24, 2.45) is 0 Å². The van der Waals surface area contributed by atoms with E-state index in [0.717, 1.165) is 18.4 Å². The van der Waals surface area contributed by atoms with Crippen LogP contribution in [0.15, 0.2) is 42.5 Å². The van der Waals surface area contributed by atoms with E-state index in [-0.39, 0.29) is 18.2 Å². The molecular formula is C24H27ClN2O4. The molecule has 0 spiro atoms. The highest BCUT2D eigenvalue weighted by atomic mass is 35.5. The quantitative estimate of drug-likeness (QED) is 0.688. The highest BCUT2D eigenvalue weighted by molar-refractivity contribution is 6.32. The molecule has 31 heavy (non-hydrogen) atoms. The Labute approximate surface area is 187 Å². The number of halogens is 1. The first-order valence-electron chi connectivity index (χ1n) is 10.8. The third-order valence-corrected chi connectivity index (χ3v) is 5.98. The molecule has 4 rings (SSSR count). The number of hydrogen-bond donors (Lipinski definition) is 0. The van der Waals surface area contributed by atoms with E-state index < -0.39 is 0 Å². The van der Waals surface area contributed by atoms with Crippen molar-refractivity contribution in [2.45, 2.75) is 25.7 Å². The number of fused-ring (bicyclic) bond motifs is 1. The van der Waals surface area contributed by atoms with Gasteiger partial charge in [-0.05, 0) is 36.1 Å². The van der Waals surface area contributed by atoms with E-state index in [4.69, 9.17) is 21.1 Å². The van der Waals surface area contributed by atoms with E-state index in [1.807, 2.05) is 34.1 Å². The molecule has 6 nitrogen and oxygen atoms in total. The molecule has 0 aromatic heterocycles. The van der Waals surface area contributed by atoms with Crippen LogP contribution in [0.1, 0.15) is 24.0 Å². The summed E-state index contributed by atoms with van der Waals surface area (Å²) in [6.45, 7) is 3.22. The number of amides is 2. The lowest BCUT2D eigenvalue weighted by atomic mass is 10.1. The van der Waals surface area contributed by atoms with Crippen LogP contribution in [-0.4, -0.2) is 61.0 Å². The van der Waals surface area contributed by atoms with Crippen molar-refractivity contribution >= 4 is 23.4 Å². The van der Waals surface area contributed by atoms with Gasteiger partial charge in [-0.2, -0.15) is 0 Å². The molecule has 2 aliphatic heterocycles. The van der Waals surface area contributed by atoms with Crippen LogP contribution in [0.3, 0.4) is 0 Å². The van der Waals surface area contributed by atoms with E-state index in [1.165, 1.54) is 5.56 Å². The minimum atomic E-state index is 0.0314. The summed E-state index contributed by atoms with van der Waals surface area (Å²) in [4.78, 5) is 29.0. The van der Waals surface area contributed by atoms with Gasteiger partial charge in [-0.3, -0.25) is 9.59 Å². The van der Waals surface area contributed by atoms with Crippen molar-refractivity contribution < 1.29 is 19.1 Å². The first-order valence-corrected chi connectivity index (χ1v) is 11.2. The fraction of sp³-hybridized carbons (Fsp3) is 0.417. The van der Waals surface area contributed by atoms with Crippen LogP contribution in [0.4, 0.5) is 0 Å². The number of aryl methyl sites for hydroxylation is 1. The maximum absolute atomic E-state index is 12.8. The van der Waals surface area contributed by atoms with Gasteiger partial charge in [-0.25, -0.2) is 0 Å². The molecule has 2 heterocycles. The summed E-state index contributed by atoms with van der Waals surface area (Å²) >= 11 is 6.28. The molecule has 7 heteroatoms. The van der Waals surface area contributed by atoms with E-state index in [1.54, 1.807) is 6.07 Å². The molecule has 1 saturated heterocycles. The van der Waals surface area contributed by atoms with E-state index in [0.29, 0.717) is 62.3 Å². The Morgan fingerprint density at radius 2 is 1.55 bits per heavy atom. The zero-order valence-corrected chi connectivity index (χ0v) is 18.3. The normalized spacial score (nSPS) is 15.6. The summed E-state index contributed by atoms with van der Waals surface area (Å²) in [7, 11) is 0. The van der Waals surface area contributed by atoms with Crippen molar-refractivity contribution in [3.8, 4) is 11.5 Å². The zero-order valence-electron chi connectivity index (χ0n) is 17.5. The summed E-state index contributed by atoms with van der Waals surface area (Å²) in [5.41, 5.74) is 2.06. The topological polar surface area (TPSA) is 59.1 Å². The minimum absolute atomic E-state index is 0.0314. The highest BCUT2D eigenvalue weighted by Gasteiger charge is 2.25. The van der Waals surface area contributed by atoms with Gasteiger partial charge < -0.3 is 19.3 Å². The van der Waals surface area contributed by atoms with Crippen molar-refractivity contribution in [2.75, 3.05) is 39.4 Å². The fourth-order valence-corrected chi connectivity index (χ4v) is 4.29. The number of ether oxygens (including phenoxy) is 2. The van der Waals surface area contributed by atoms with Crippen LogP contribution in [0.2, 0.25) is 5.02 Å². The number of rotatable bonds is 6. The maximum Gasteiger partial charge on any atom is 0.227 e. The van der Waals surface area contributed by atoms with Crippen molar-refractivity contribution in [3.05, 3.63) is 58.6 Å². The Hall–Kier alpha value is -2.73. The van der Waals surface area contributed by atoms with Crippen molar-refractivity contribution in [3.63, 3.8) is 0 Å². The number of benzene rings is 2. The van der Waals surface area contributed by atoms with E-state index in [2.05, 4.69) is 12.1 Å². The lowest BCUT2D eigenvalue weighted by Crippen LogP contribution is -2.51. The minimum Gasteiger partial charge on any atom is -0.486 e. The fourth-order valence-electron chi connectivity index (χ4n) is 4.00. The first-order chi connectivity index (χ1) is 15.1. The summed E-state index contributed by atoms with van der Waals surface area (Å²) in [6.07, 6.45) is 2.54. The van der Waals surface area contributed by atoms with Gasteiger partial charge in [0.15, 0.2) is 11.5 Å². The molecule has 0 atom stereocenters. The summed E-state index contributed by atoms with van der Waals surface area (Å²) in [6, 6.07) is 13.8. The second-order valence-corrected chi connectivity index (χ2v) is 8.29. The van der Waals surface area contributed by atoms with Crippen LogP contribution in [0, 0.1) is 0 Å². The number of nitrogens with zero attached hydrogens (tertiary/aromatic N) is 2. The van der Waals surface area contributed by atoms with Gasteiger partial charge in [0.2, 0.25) is 11.8 Å². The van der Waals surface area contributed by atoms with Crippen LogP contribution < -0.4 is 9.47 Å². The van der Waals surface area contributed by atoms with Crippen molar-refractivity contribution in [1.29, 1.82) is 0 Å². The molecule has 0 radical (unpaired) electrons. The molecule has 164 valence electrons. The molecule has 0 bridgehead atoms. The van der Waals surface area contributed by atoms with Gasteiger partial charge in [-0.15, -0.1) is 0 Å². The van der Waals surface area contributed by atoms with Gasteiger partial charge >= 0.3 is 0 Å². The largest absolute Gasteiger partial charge is 0.486 e. The Morgan fingerprint density at radius 3 is 2.29 bits per heavy atom. The Morgan fingerprint density at radius 1 is 0.871 bits per heavy atom. The summed E-state index contributed by atoms with van der Waals surface area (Å²) < 4.78 is 11.1. The molecule has 0 unspecified atom stereocenters. The Kier molecular flexibility index (Phi) is 6.97. The van der Waals surface area contributed by atoms with Gasteiger partial charge in [0.25, 0.3) is 0 Å². The number of carbonyl (C=O) groups excluding carboxylic acids is 2. The standard InChI is InChI=1S/C24H27ClN2O4/c25-20-15-19(16-21-24(20)31-14-13-30-21)17-23(29)27-11-9-26(10-12-27)22(28)8-4-7-18-5-2-1-3-6-18/h1-3,5-6,15-16H,4,7-14,17H2. The predicted molar refractivity (Wildman–Crippen MR) is 119 cm³/mol. The van der Waals surface area contributed by atoms with Gasteiger partial charge in [0.05, 0.1) is 11.4 Å².